The minimum atomic E-state index is -5.08. The zero-order valence-electron chi connectivity index (χ0n) is 35.0. The van der Waals surface area contributed by atoms with Crippen LogP contribution in [0.1, 0.15) is 60.9 Å². The molecule has 10 nitrogen and oxygen atoms in total. The van der Waals surface area contributed by atoms with Gasteiger partial charge in [-0.3, -0.25) is 14.4 Å². The summed E-state index contributed by atoms with van der Waals surface area (Å²) in [4.78, 5) is 53.3. The molecular weight excluding hydrogens is 842 g/mol. The minimum Gasteiger partial charge on any atom is -0.481 e. The van der Waals surface area contributed by atoms with Crippen LogP contribution in [0.3, 0.4) is 0 Å². The largest absolute Gasteiger partial charge is 0.490 e. The van der Waals surface area contributed by atoms with Gasteiger partial charge in [-0.1, -0.05) is 152 Å². The number of carbonyl (C=O) groups is 4. The van der Waals surface area contributed by atoms with E-state index in [9.17, 15) is 32.7 Å². The number of anilines is 1. The van der Waals surface area contributed by atoms with Crippen LogP contribution in [0.25, 0.3) is 11.1 Å². The summed E-state index contributed by atoms with van der Waals surface area (Å²) in [5.41, 5.74) is 5.94. The summed E-state index contributed by atoms with van der Waals surface area (Å²) in [5.74, 6) is -3.29. The van der Waals surface area contributed by atoms with Gasteiger partial charge in [0.05, 0.1) is 17.2 Å². The molecule has 5 N–H and O–H groups in total. The number of aliphatic carboxylic acids is 2. The van der Waals surface area contributed by atoms with Crippen molar-refractivity contribution in [2.75, 3.05) is 11.1 Å². The molecule has 64 heavy (non-hydrogen) atoms. The molecule has 2 unspecified atom stereocenters. The molecule has 6 aromatic rings. The van der Waals surface area contributed by atoms with E-state index >= 15 is 0 Å². The minimum absolute atomic E-state index is 0.0458. The Morgan fingerprint density at radius 1 is 0.641 bits per heavy atom. The van der Waals surface area contributed by atoms with Gasteiger partial charge in [0, 0.05) is 18.7 Å². The average molecular weight is 891 g/mol. The molecule has 14 heteroatoms. The molecule has 1 aromatic heterocycles. The first-order valence-corrected chi connectivity index (χ1v) is 21.5. The van der Waals surface area contributed by atoms with Gasteiger partial charge in [-0.25, -0.2) is 9.78 Å². The van der Waals surface area contributed by atoms with Gasteiger partial charge in [-0.05, 0) is 71.0 Å². The molecule has 332 valence electrons. The molecule has 0 fully saturated rings. The predicted molar refractivity (Wildman–Crippen MR) is 243 cm³/mol. The SMILES string of the molecule is CC(CCC(=O)N[C@@H](CCSC(c1ccccc1)(c1ccccc1)c1ccccc1)C(=O)NC(CC(=O)O)c1ccc(-c2ccccc2)cc1)Nc1ccccn1.O=C(O)C(F)(F)F. The number of hydrogen-bond donors (Lipinski definition) is 5. The summed E-state index contributed by atoms with van der Waals surface area (Å²) in [6, 6.07) is 52.2. The summed E-state index contributed by atoms with van der Waals surface area (Å²) in [6.07, 6.45) is -2.70. The van der Waals surface area contributed by atoms with E-state index in [0.717, 1.165) is 33.6 Å². The first-order chi connectivity index (χ1) is 30.8. The van der Waals surface area contributed by atoms with E-state index < -0.39 is 40.9 Å². The lowest BCUT2D eigenvalue weighted by Gasteiger charge is -2.36. The van der Waals surface area contributed by atoms with E-state index in [2.05, 4.69) is 57.3 Å². The van der Waals surface area contributed by atoms with Gasteiger partial charge >= 0.3 is 18.1 Å². The third-order valence-corrected chi connectivity index (χ3v) is 11.7. The second-order valence-electron chi connectivity index (χ2n) is 14.8. The van der Waals surface area contributed by atoms with E-state index in [1.807, 2.05) is 134 Å². The number of amides is 2. The fourth-order valence-electron chi connectivity index (χ4n) is 6.99. The maximum Gasteiger partial charge on any atom is 0.490 e. The van der Waals surface area contributed by atoms with Crippen LogP contribution >= 0.6 is 11.8 Å². The zero-order valence-corrected chi connectivity index (χ0v) is 35.8. The molecule has 5 aromatic carbocycles. The Bertz CT molecular complexity index is 2280. The number of hydrogen-bond acceptors (Lipinski definition) is 7. The number of carboxylic acid groups (broad SMARTS) is 2. The lowest BCUT2D eigenvalue weighted by Crippen LogP contribution is -2.48. The second-order valence-corrected chi connectivity index (χ2v) is 16.1. The van der Waals surface area contributed by atoms with Crippen molar-refractivity contribution in [1.82, 2.24) is 15.6 Å². The normalized spacial score (nSPS) is 12.6. The molecular formula is C50H49F3N4O6S. The number of benzene rings is 5. The Kier molecular flexibility index (Phi) is 17.7. The first-order valence-electron chi connectivity index (χ1n) is 20.5. The van der Waals surface area contributed by atoms with E-state index in [1.165, 1.54) is 0 Å². The lowest BCUT2D eigenvalue weighted by molar-refractivity contribution is -0.192. The molecule has 1 heterocycles. The predicted octanol–water partition coefficient (Wildman–Crippen LogP) is 9.89. The Labute approximate surface area is 374 Å². The van der Waals surface area contributed by atoms with Gasteiger partial charge in [-0.15, -0.1) is 11.8 Å². The lowest BCUT2D eigenvalue weighted by atomic mass is 9.84. The Balaban J connectivity index is 0.00000102. The van der Waals surface area contributed by atoms with Crippen LogP contribution in [0.4, 0.5) is 19.0 Å². The van der Waals surface area contributed by atoms with Crippen LogP contribution in [-0.4, -0.2) is 63.0 Å². The van der Waals surface area contributed by atoms with Crippen LogP contribution < -0.4 is 16.0 Å². The summed E-state index contributed by atoms with van der Waals surface area (Å²) in [6.45, 7) is 1.98. The molecule has 0 bridgehead atoms. The highest BCUT2D eigenvalue weighted by molar-refractivity contribution is 8.00. The van der Waals surface area contributed by atoms with Crippen molar-refractivity contribution in [2.45, 2.75) is 61.7 Å². The van der Waals surface area contributed by atoms with E-state index in [4.69, 9.17) is 9.90 Å². The Morgan fingerprint density at radius 2 is 1.12 bits per heavy atom. The van der Waals surface area contributed by atoms with Crippen LogP contribution in [0.15, 0.2) is 170 Å². The smallest absolute Gasteiger partial charge is 0.481 e. The standard InChI is InChI=1S/C48H48N4O4S.C2HF3O2/c1-35(50-44-24-14-15-32-49-44)25-30-45(53)51-42(47(56)52-43(34-46(54)55)38-28-26-37(27-29-38)36-16-6-2-7-17-36)31-33-57-48(39-18-8-3-9-19-39,40-20-10-4-11-21-40)41-22-12-5-13-23-41;3-2(4,5)1(6)7/h2-24,26-29,32,35,42-43H,25,30-31,33-34H2,1H3,(H,49,50)(H,51,53)(H,52,56)(H,54,55);(H,6,7)/t35?,42-,43?;/m0./s1. The monoisotopic (exact) mass is 890 g/mol. The molecule has 0 radical (unpaired) electrons. The highest BCUT2D eigenvalue weighted by Crippen LogP contribution is 2.48. The molecule has 0 saturated carbocycles. The third-order valence-electron chi connectivity index (χ3n) is 10.1. The number of rotatable bonds is 19. The highest BCUT2D eigenvalue weighted by Gasteiger charge is 2.39. The molecule has 0 aliphatic rings. The number of alkyl halides is 3. The maximum absolute atomic E-state index is 14.3. The Hall–Kier alpha value is -6.93. The van der Waals surface area contributed by atoms with Gasteiger partial charge in [0.15, 0.2) is 0 Å². The number of aromatic nitrogens is 1. The quantitative estimate of drug-likeness (QED) is 0.0500. The van der Waals surface area contributed by atoms with Crippen molar-refractivity contribution in [1.29, 1.82) is 0 Å². The first kappa shape index (κ1) is 48.1. The zero-order chi connectivity index (χ0) is 46.0. The molecule has 2 amide bonds. The van der Waals surface area contributed by atoms with Crippen LogP contribution in [0, 0.1) is 0 Å². The van der Waals surface area contributed by atoms with Crippen molar-refractivity contribution in [3.8, 4) is 11.1 Å². The van der Waals surface area contributed by atoms with E-state index in [-0.39, 0.29) is 24.8 Å². The van der Waals surface area contributed by atoms with Gasteiger partial charge in [0.25, 0.3) is 0 Å². The van der Waals surface area contributed by atoms with Crippen molar-refractivity contribution in [3.05, 3.63) is 192 Å². The van der Waals surface area contributed by atoms with E-state index in [1.54, 1.807) is 18.0 Å². The molecule has 0 aliphatic heterocycles. The number of carboxylic acids is 2. The number of thioether (sulfide) groups is 1. The maximum atomic E-state index is 14.3. The number of nitrogens with one attached hydrogen (secondary N) is 3. The van der Waals surface area contributed by atoms with Gasteiger partial charge < -0.3 is 26.2 Å². The number of nitrogens with zero attached hydrogens (tertiary/aromatic N) is 1. The average Bonchev–Trinajstić information content (AvgIpc) is 3.30. The Morgan fingerprint density at radius 3 is 1.59 bits per heavy atom. The number of carbonyl (C=O) groups excluding carboxylic acids is 2. The topological polar surface area (TPSA) is 158 Å². The van der Waals surface area contributed by atoms with Crippen molar-refractivity contribution in [2.24, 2.45) is 0 Å². The number of halogens is 3. The number of pyridine rings is 1. The van der Waals surface area contributed by atoms with Crippen LogP contribution in [-0.2, 0) is 23.9 Å². The summed E-state index contributed by atoms with van der Waals surface area (Å²) < 4.78 is 31.1. The molecule has 0 spiro atoms. The van der Waals surface area contributed by atoms with Crippen molar-refractivity contribution < 1.29 is 42.6 Å². The summed E-state index contributed by atoms with van der Waals surface area (Å²) >= 11 is 1.70. The molecule has 0 saturated heterocycles. The molecule has 6 rings (SSSR count). The van der Waals surface area contributed by atoms with Gasteiger partial charge in [0.2, 0.25) is 11.8 Å². The van der Waals surface area contributed by atoms with E-state index in [0.29, 0.717) is 24.2 Å². The molecule has 3 atom stereocenters. The van der Waals surface area contributed by atoms with Gasteiger partial charge in [-0.2, -0.15) is 13.2 Å². The van der Waals surface area contributed by atoms with Crippen molar-refractivity contribution in [3.63, 3.8) is 0 Å². The van der Waals surface area contributed by atoms with Crippen LogP contribution in [0.5, 0.6) is 0 Å². The summed E-state index contributed by atoms with van der Waals surface area (Å²) in [7, 11) is 0. The highest BCUT2D eigenvalue weighted by atomic mass is 32.2. The fraction of sp³-hybridized carbons (Fsp3) is 0.220. The summed E-state index contributed by atoms with van der Waals surface area (Å²) in [5, 5.41) is 26.4. The van der Waals surface area contributed by atoms with Crippen LogP contribution in [0.2, 0.25) is 0 Å². The fourth-order valence-corrected chi connectivity index (χ4v) is 8.56. The van der Waals surface area contributed by atoms with Gasteiger partial charge in [0.1, 0.15) is 11.9 Å². The second kappa shape index (κ2) is 23.5. The van der Waals surface area contributed by atoms with Crippen molar-refractivity contribution >= 4 is 41.3 Å². The third kappa shape index (κ3) is 14.0. The molecule has 0 aliphatic carbocycles.